The van der Waals surface area contributed by atoms with Gasteiger partial charge in [-0.3, -0.25) is 9.69 Å². The largest absolute Gasteiger partial charge is 0.481 e. The van der Waals surface area contributed by atoms with E-state index in [1.165, 1.54) is 19.3 Å². The fourth-order valence-electron chi connectivity index (χ4n) is 1.80. The maximum atomic E-state index is 10.5. The zero-order chi connectivity index (χ0) is 11.3. The van der Waals surface area contributed by atoms with Crippen LogP contribution in [0, 0.1) is 0 Å². The van der Waals surface area contributed by atoms with Gasteiger partial charge in [0.15, 0.2) is 0 Å². The number of hydrogen-bond donors (Lipinski definition) is 1. The van der Waals surface area contributed by atoms with E-state index < -0.39 is 5.97 Å². The average molecular weight is 214 g/mol. The minimum Gasteiger partial charge on any atom is -0.481 e. The summed E-state index contributed by atoms with van der Waals surface area (Å²) in [5.74, 6) is -0.691. The van der Waals surface area contributed by atoms with Crippen LogP contribution < -0.4 is 0 Å². The lowest BCUT2D eigenvalue weighted by molar-refractivity contribution is -0.137. The second-order valence-electron chi connectivity index (χ2n) is 4.57. The first-order valence-corrected chi connectivity index (χ1v) is 5.70. The molecule has 0 aromatic rings. The molecular formula is C11H22N2O2. The lowest BCUT2D eigenvalue weighted by atomic mass is 9.91. The van der Waals surface area contributed by atoms with Crippen LogP contribution in [-0.2, 0) is 4.79 Å². The molecule has 0 bridgehead atoms. The second-order valence-corrected chi connectivity index (χ2v) is 4.57. The van der Waals surface area contributed by atoms with E-state index in [0.29, 0.717) is 12.6 Å². The maximum Gasteiger partial charge on any atom is 0.304 e. The molecule has 0 aliphatic heterocycles. The minimum atomic E-state index is -0.691. The summed E-state index contributed by atoms with van der Waals surface area (Å²) >= 11 is 0. The number of carboxylic acids is 1. The lowest BCUT2D eigenvalue weighted by Crippen LogP contribution is -2.44. The van der Waals surface area contributed by atoms with Gasteiger partial charge in [0, 0.05) is 25.7 Å². The molecule has 0 radical (unpaired) electrons. The summed E-state index contributed by atoms with van der Waals surface area (Å²) in [4.78, 5) is 15.0. The van der Waals surface area contributed by atoms with Crippen molar-refractivity contribution < 1.29 is 9.90 Å². The Balaban J connectivity index is 2.27. The molecule has 15 heavy (non-hydrogen) atoms. The molecule has 0 aromatic carbocycles. The molecule has 88 valence electrons. The number of hydrogen-bond acceptors (Lipinski definition) is 3. The molecular weight excluding hydrogens is 192 g/mol. The van der Waals surface area contributed by atoms with Gasteiger partial charge in [-0.15, -0.1) is 0 Å². The molecule has 1 aliphatic carbocycles. The molecule has 1 fully saturated rings. The van der Waals surface area contributed by atoms with Crippen LogP contribution in [0.1, 0.15) is 25.7 Å². The van der Waals surface area contributed by atoms with Gasteiger partial charge in [-0.2, -0.15) is 0 Å². The molecule has 0 amide bonds. The standard InChI is InChI=1S/C11H22N2O2/c1-12(2)8-9-13(7-6-11(14)15)10-4-3-5-10/h10H,3-9H2,1-2H3,(H,14,15). The Morgan fingerprint density at radius 1 is 1.27 bits per heavy atom. The summed E-state index contributed by atoms with van der Waals surface area (Å²) < 4.78 is 0. The number of carbonyl (C=O) groups is 1. The van der Waals surface area contributed by atoms with Gasteiger partial charge in [0.05, 0.1) is 6.42 Å². The molecule has 0 aromatic heterocycles. The van der Waals surface area contributed by atoms with Gasteiger partial charge in [-0.25, -0.2) is 0 Å². The van der Waals surface area contributed by atoms with Crippen LogP contribution in [0.3, 0.4) is 0 Å². The van der Waals surface area contributed by atoms with Crippen molar-refractivity contribution in [3.63, 3.8) is 0 Å². The Kier molecular flexibility index (Phi) is 5.05. The highest BCUT2D eigenvalue weighted by atomic mass is 16.4. The molecule has 1 rings (SSSR count). The van der Waals surface area contributed by atoms with Gasteiger partial charge < -0.3 is 10.0 Å². The maximum absolute atomic E-state index is 10.5. The molecule has 0 unspecified atom stereocenters. The zero-order valence-corrected chi connectivity index (χ0v) is 9.78. The number of nitrogens with zero attached hydrogens (tertiary/aromatic N) is 2. The summed E-state index contributed by atoms with van der Waals surface area (Å²) in [5, 5.41) is 8.68. The first-order valence-electron chi connectivity index (χ1n) is 5.70. The highest BCUT2D eigenvalue weighted by molar-refractivity contribution is 5.66. The van der Waals surface area contributed by atoms with Crippen molar-refractivity contribution in [3.05, 3.63) is 0 Å². The Hall–Kier alpha value is -0.610. The van der Waals surface area contributed by atoms with E-state index in [1.807, 2.05) is 0 Å². The van der Waals surface area contributed by atoms with Gasteiger partial charge in [0.25, 0.3) is 0 Å². The fraction of sp³-hybridized carbons (Fsp3) is 0.909. The van der Waals surface area contributed by atoms with E-state index in [9.17, 15) is 4.79 Å². The highest BCUT2D eigenvalue weighted by Crippen LogP contribution is 2.24. The van der Waals surface area contributed by atoms with Crippen LogP contribution in [0.5, 0.6) is 0 Å². The first kappa shape index (κ1) is 12.5. The summed E-state index contributed by atoms with van der Waals surface area (Å²) in [6, 6.07) is 0.643. The summed E-state index contributed by atoms with van der Waals surface area (Å²) in [5.41, 5.74) is 0. The predicted octanol–water partition coefficient (Wildman–Crippen LogP) is 0.877. The lowest BCUT2D eigenvalue weighted by Gasteiger charge is -2.37. The molecule has 0 heterocycles. The molecule has 0 spiro atoms. The van der Waals surface area contributed by atoms with Crippen molar-refractivity contribution >= 4 is 5.97 Å². The van der Waals surface area contributed by atoms with Gasteiger partial charge in [-0.1, -0.05) is 6.42 Å². The van der Waals surface area contributed by atoms with E-state index >= 15 is 0 Å². The van der Waals surface area contributed by atoms with E-state index in [0.717, 1.165) is 13.1 Å². The molecule has 4 nitrogen and oxygen atoms in total. The van der Waals surface area contributed by atoms with Crippen molar-refractivity contribution in [1.82, 2.24) is 9.80 Å². The smallest absolute Gasteiger partial charge is 0.304 e. The zero-order valence-electron chi connectivity index (χ0n) is 9.78. The normalized spacial score (nSPS) is 17.1. The number of likely N-dealkylation sites (N-methyl/N-ethyl adjacent to an activating group) is 1. The monoisotopic (exact) mass is 214 g/mol. The van der Waals surface area contributed by atoms with Crippen LogP contribution in [0.2, 0.25) is 0 Å². The third-order valence-corrected chi connectivity index (χ3v) is 3.04. The Morgan fingerprint density at radius 3 is 2.33 bits per heavy atom. The molecule has 4 heteroatoms. The third-order valence-electron chi connectivity index (χ3n) is 3.04. The van der Waals surface area contributed by atoms with Gasteiger partial charge in [0.2, 0.25) is 0 Å². The highest BCUT2D eigenvalue weighted by Gasteiger charge is 2.24. The number of carboxylic acid groups (broad SMARTS) is 1. The summed E-state index contributed by atoms with van der Waals surface area (Å²) in [6.45, 7) is 2.70. The topological polar surface area (TPSA) is 43.8 Å². The molecule has 1 N–H and O–H groups in total. The Labute approximate surface area is 91.9 Å². The van der Waals surface area contributed by atoms with Gasteiger partial charge in [0.1, 0.15) is 0 Å². The van der Waals surface area contributed by atoms with Crippen molar-refractivity contribution in [3.8, 4) is 0 Å². The molecule has 1 aliphatic rings. The number of aliphatic carboxylic acids is 1. The van der Waals surface area contributed by atoms with Gasteiger partial charge in [-0.05, 0) is 26.9 Å². The third kappa shape index (κ3) is 4.62. The van der Waals surface area contributed by atoms with Crippen LogP contribution in [0.15, 0.2) is 0 Å². The summed E-state index contributed by atoms with van der Waals surface area (Å²) in [6.07, 6.45) is 4.06. The quantitative estimate of drug-likeness (QED) is 0.683. The van der Waals surface area contributed by atoms with E-state index in [4.69, 9.17) is 5.11 Å². The predicted molar refractivity (Wildman–Crippen MR) is 60.0 cm³/mol. The number of rotatable bonds is 7. The van der Waals surface area contributed by atoms with E-state index in [2.05, 4.69) is 23.9 Å². The minimum absolute atomic E-state index is 0.268. The van der Waals surface area contributed by atoms with Crippen molar-refractivity contribution in [2.45, 2.75) is 31.7 Å². The Morgan fingerprint density at radius 2 is 1.93 bits per heavy atom. The van der Waals surface area contributed by atoms with Crippen LogP contribution in [0.4, 0.5) is 0 Å². The van der Waals surface area contributed by atoms with Crippen molar-refractivity contribution in [2.75, 3.05) is 33.7 Å². The molecule has 0 atom stereocenters. The molecule has 0 saturated heterocycles. The summed E-state index contributed by atoms with van der Waals surface area (Å²) in [7, 11) is 4.10. The second kappa shape index (κ2) is 6.08. The van der Waals surface area contributed by atoms with Crippen molar-refractivity contribution in [2.24, 2.45) is 0 Å². The van der Waals surface area contributed by atoms with Crippen molar-refractivity contribution in [1.29, 1.82) is 0 Å². The van der Waals surface area contributed by atoms with Crippen LogP contribution in [0.25, 0.3) is 0 Å². The van der Waals surface area contributed by atoms with E-state index in [1.54, 1.807) is 0 Å². The first-order chi connectivity index (χ1) is 7.09. The average Bonchev–Trinajstić information content (AvgIpc) is 2.05. The van der Waals surface area contributed by atoms with Gasteiger partial charge >= 0.3 is 5.97 Å². The van der Waals surface area contributed by atoms with Crippen LogP contribution >= 0.6 is 0 Å². The van der Waals surface area contributed by atoms with Crippen LogP contribution in [-0.4, -0.2) is 60.6 Å². The fourth-order valence-corrected chi connectivity index (χ4v) is 1.80. The molecule has 1 saturated carbocycles. The van der Waals surface area contributed by atoms with E-state index in [-0.39, 0.29) is 6.42 Å². The Bertz CT molecular complexity index is 203. The SMILES string of the molecule is CN(C)CCN(CCC(=O)O)C1CCC1.